The van der Waals surface area contributed by atoms with E-state index in [9.17, 15) is 0 Å². The van der Waals surface area contributed by atoms with E-state index in [4.69, 9.17) is 9.47 Å². The molecule has 4 nitrogen and oxygen atoms in total. The molecule has 0 bridgehead atoms. The molecule has 1 rings (SSSR count). The van der Waals surface area contributed by atoms with Gasteiger partial charge in [0.1, 0.15) is 0 Å². The summed E-state index contributed by atoms with van der Waals surface area (Å²) >= 11 is 0. The van der Waals surface area contributed by atoms with Crippen LogP contribution in [-0.2, 0) is 9.47 Å². The Bertz CT molecular complexity index is 202. The Kier molecular flexibility index (Phi) is 5.86. The predicted molar refractivity (Wildman–Crippen MR) is 70.4 cm³/mol. The van der Waals surface area contributed by atoms with Gasteiger partial charge >= 0.3 is 0 Å². The molecule has 0 aromatic rings. The third-order valence-electron chi connectivity index (χ3n) is 3.49. The van der Waals surface area contributed by atoms with E-state index in [1.165, 1.54) is 0 Å². The second kappa shape index (κ2) is 6.69. The van der Waals surface area contributed by atoms with Crippen LogP contribution in [0.3, 0.4) is 0 Å². The fourth-order valence-electron chi connectivity index (χ4n) is 2.13. The fourth-order valence-corrected chi connectivity index (χ4v) is 2.13. The summed E-state index contributed by atoms with van der Waals surface area (Å²) in [6.45, 7) is 12.8. The highest BCUT2D eigenvalue weighted by Crippen LogP contribution is 2.24. The smallest absolute Gasteiger partial charge is 0.0589 e. The monoisotopic (exact) mass is 244 g/mol. The summed E-state index contributed by atoms with van der Waals surface area (Å²) in [5.41, 5.74) is 0.296. The summed E-state index contributed by atoms with van der Waals surface area (Å²) in [6.07, 6.45) is 0. The first-order valence-electron chi connectivity index (χ1n) is 6.46. The summed E-state index contributed by atoms with van der Waals surface area (Å²) in [5.74, 6) is 0. The first-order valence-corrected chi connectivity index (χ1v) is 6.46. The van der Waals surface area contributed by atoms with E-state index >= 15 is 0 Å². The zero-order chi connectivity index (χ0) is 12.9. The van der Waals surface area contributed by atoms with Crippen LogP contribution in [-0.4, -0.2) is 75.0 Å². The molecule has 17 heavy (non-hydrogen) atoms. The van der Waals surface area contributed by atoms with Crippen molar-refractivity contribution in [2.75, 3.05) is 53.6 Å². The molecular formula is C13H28N2O2. The molecule has 0 radical (unpaired) electrons. The maximum atomic E-state index is 5.17. The Balaban J connectivity index is 2.34. The van der Waals surface area contributed by atoms with Crippen molar-refractivity contribution in [3.05, 3.63) is 0 Å². The van der Waals surface area contributed by atoms with Crippen molar-refractivity contribution in [2.24, 2.45) is 0 Å². The first-order chi connectivity index (χ1) is 7.99. The molecule has 1 aliphatic heterocycles. The lowest BCUT2D eigenvalue weighted by molar-refractivity contribution is -0.0350. The van der Waals surface area contributed by atoms with E-state index < -0.39 is 0 Å². The van der Waals surface area contributed by atoms with Crippen LogP contribution in [0.25, 0.3) is 0 Å². The van der Waals surface area contributed by atoms with Gasteiger partial charge in [-0.2, -0.15) is 0 Å². The largest absolute Gasteiger partial charge is 0.383 e. The number of hydrogen-bond acceptors (Lipinski definition) is 4. The summed E-state index contributed by atoms with van der Waals surface area (Å²) in [6, 6.07) is 0.666. The van der Waals surface area contributed by atoms with Crippen LogP contribution in [0.5, 0.6) is 0 Å². The average Bonchev–Trinajstić information content (AvgIpc) is 2.17. The maximum Gasteiger partial charge on any atom is 0.0589 e. The highest BCUT2D eigenvalue weighted by atomic mass is 16.5. The van der Waals surface area contributed by atoms with Crippen LogP contribution in [0.2, 0.25) is 0 Å². The normalized spacial score (nSPS) is 18.7. The van der Waals surface area contributed by atoms with Crippen LogP contribution in [0, 0.1) is 0 Å². The molecule has 0 aromatic heterocycles. The molecule has 0 N–H and O–H groups in total. The van der Waals surface area contributed by atoms with Crippen LogP contribution in [0.15, 0.2) is 0 Å². The molecule has 0 saturated carbocycles. The Morgan fingerprint density at radius 1 is 1.06 bits per heavy atom. The molecule has 0 spiro atoms. The van der Waals surface area contributed by atoms with Crippen LogP contribution in [0.1, 0.15) is 20.8 Å². The van der Waals surface area contributed by atoms with E-state index in [1.54, 1.807) is 14.2 Å². The highest BCUT2D eigenvalue weighted by molar-refractivity contribution is 4.94. The number of hydrogen-bond donors (Lipinski definition) is 0. The van der Waals surface area contributed by atoms with Gasteiger partial charge in [-0.1, -0.05) is 0 Å². The van der Waals surface area contributed by atoms with Crippen molar-refractivity contribution < 1.29 is 9.47 Å². The minimum absolute atomic E-state index is 0.296. The van der Waals surface area contributed by atoms with Crippen molar-refractivity contribution in [3.63, 3.8) is 0 Å². The fraction of sp³-hybridized carbons (Fsp3) is 1.00. The zero-order valence-electron chi connectivity index (χ0n) is 12.0. The highest BCUT2D eigenvalue weighted by Gasteiger charge is 2.37. The maximum absolute atomic E-state index is 5.17. The van der Waals surface area contributed by atoms with Crippen molar-refractivity contribution in [1.82, 2.24) is 9.80 Å². The van der Waals surface area contributed by atoms with Gasteiger partial charge in [0.25, 0.3) is 0 Å². The SMILES string of the molecule is COCCN(CCOC)C1CN(C(C)(C)C)C1. The molecule has 0 unspecified atom stereocenters. The molecule has 102 valence electrons. The van der Waals surface area contributed by atoms with Crippen molar-refractivity contribution in [1.29, 1.82) is 0 Å². The van der Waals surface area contributed by atoms with Crippen molar-refractivity contribution in [3.8, 4) is 0 Å². The van der Waals surface area contributed by atoms with Crippen LogP contribution in [0.4, 0.5) is 0 Å². The summed E-state index contributed by atoms with van der Waals surface area (Å²) in [5, 5.41) is 0. The molecule has 1 fully saturated rings. The number of nitrogens with zero attached hydrogens (tertiary/aromatic N) is 2. The van der Waals surface area contributed by atoms with E-state index in [-0.39, 0.29) is 0 Å². The molecule has 0 aromatic carbocycles. The van der Waals surface area contributed by atoms with Gasteiger partial charge in [0.2, 0.25) is 0 Å². The average molecular weight is 244 g/mol. The third kappa shape index (κ3) is 4.54. The van der Waals surface area contributed by atoms with Gasteiger partial charge in [-0.25, -0.2) is 0 Å². The minimum Gasteiger partial charge on any atom is -0.383 e. The Hall–Kier alpha value is -0.160. The minimum atomic E-state index is 0.296. The van der Waals surface area contributed by atoms with E-state index in [0.29, 0.717) is 11.6 Å². The Morgan fingerprint density at radius 3 is 1.88 bits per heavy atom. The standard InChI is InChI=1S/C13H28N2O2/c1-13(2,3)15-10-12(11-15)14(6-8-16-4)7-9-17-5/h12H,6-11H2,1-5H3. The van der Waals surface area contributed by atoms with Crippen LogP contribution < -0.4 is 0 Å². The lowest BCUT2D eigenvalue weighted by Gasteiger charge is -2.51. The second-order valence-corrected chi connectivity index (χ2v) is 5.75. The summed E-state index contributed by atoms with van der Waals surface area (Å²) in [7, 11) is 3.52. The lowest BCUT2D eigenvalue weighted by atomic mass is 9.96. The molecule has 1 heterocycles. The second-order valence-electron chi connectivity index (χ2n) is 5.75. The van der Waals surface area contributed by atoms with Crippen LogP contribution >= 0.6 is 0 Å². The molecule has 0 aliphatic carbocycles. The van der Waals surface area contributed by atoms with E-state index in [1.807, 2.05) is 0 Å². The molecule has 0 atom stereocenters. The van der Waals surface area contributed by atoms with Gasteiger partial charge in [0.15, 0.2) is 0 Å². The zero-order valence-corrected chi connectivity index (χ0v) is 12.0. The van der Waals surface area contributed by atoms with Gasteiger partial charge in [-0.05, 0) is 20.8 Å². The van der Waals surface area contributed by atoms with Gasteiger partial charge < -0.3 is 9.47 Å². The number of rotatable bonds is 7. The van der Waals surface area contributed by atoms with Gasteiger partial charge in [0, 0.05) is 52.0 Å². The first kappa shape index (κ1) is 14.9. The number of ether oxygens (including phenoxy) is 2. The topological polar surface area (TPSA) is 24.9 Å². The van der Waals surface area contributed by atoms with E-state index in [0.717, 1.165) is 39.4 Å². The number of methoxy groups -OCH3 is 2. The summed E-state index contributed by atoms with van der Waals surface area (Å²) in [4.78, 5) is 5.00. The quantitative estimate of drug-likeness (QED) is 0.669. The Morgan fingerprint density at radius 2 is 1.53 bits per heavy atom. The molecule has 1 saturated heterocycles. The van der Waals surface area contributed by atoms with Crippen molar-refractivity contribution >= 4 is 0 Å². The molecular weight excluding hydrogens is 216 g/mol. The summed E-state index contributed by atoms with van der Waals surface area (Å²) < 4.78 is 10.3. The Labute approximate surface area is 106 Å². The van der Waals surface area contributed by atoms with E-state index in [2.05, 4.69) is 30.6 Å². The molecule has 0 amide bonds. The predicted octanol–water partition coefficient (Wildman–Crippen LogP) is 1.06. The lowest BCUT2D eigenvalue weighted by Crippen LogP contribution is -2.65. The molecule has 1 aliphatic rings. The van der Waals surface area contributed by atoms with Crippen molar-refractivity contribution in [2.45, 2.75) is 32.4 Å². The van der Waals surface area contributed by atoms with Gasteiger partial charge in [0.05, 0.1) is 13.2 Å². The number of likely N-dealkylation sites (tertiary alicyclic amines) is 1. The molecule has 4 heteroatoms. The van der Waals surface area contributed by atoms with Gasteiger partial charge in [-0.15, -0.1) is 0 Å². The van der Waals surface area contributed by atoms with Gasteiger partial charge in [-0.3, -0.25) is 9.80 Å². The third-order valence-corrected chi connectivity index (χ3v) is 3.49.